The van der Waals surface area contributed by atoms with Crippen molar-refractivity contribution in [1.82, 2.24) is 10.3 Å². The molecule has 0 aliphatic carbocycles. The first-order valence-electron chi connectivity index (χ1n) is 6.18. The van der Waals surface area contributed by atoms with Crippen LogP contribution in [0.3, 0.4) is 0 Å². The first kappa shape index (κ1) is 13.6. The van der Waals surface area contributed by atoms with E-state index in [0.717, 1.165) is 18.8 Å². The van der Waals surface area contributed by atoms with E-state index in [9.17, 15) is 0 Å². The maximum Gasteiger partial charge on any atom is 0.0794 e. The Labute approximate surface area is 117 Å². The van der Waals surface area contributed by atoms with Gasteiger partial charge in [-0.1, -0.05) is 19.1 Å². The molecule has 96 valence electrons. The fourth-order valence-electron chi connectivity index (χ4n) is 1.62. The van der Waals surface area contributed by atoms with Gasteiger partial charge < -0.3 is 5.32 Å². The van der Waals surface area contributed by atoms with Crippen LogP contribution >= 0.6 is 23.1 Å². The number of nitrogens with zero attached hydrogens (tertiary/aromatic N) is 1. The molecule has 0 spiro atoms. The summed E-state index contributed by atoms with van der Waals surface area (Å²) >= 11 is 3.59. The Morgan fingerprint density at radius 3 is 3.11 bits per heavy atom. The molecule has 0 unspecified atom stereocenters. The molecule has 0 amide bonds. The molecule has 0 saturated heterocycles. The van der Waals surface area contributed by atoms with E-state index in [1.54, 1.807) is 11.3 Å². The molecule has 1 heterocycles. The Morgan fingerprint density at radius 1 is 1.39 bits per heavy atom. The molecular formula is C14H18N2S2. The highest BCUT2D eigenvalue weighted by molar-refractivity contribution is 7.98. The Bertz CT molecular complexity index is 455. The van der Waals surface area contributed by atoms with Crippen LogP contribution in [-0.4, -0.2) is 11.5 Å². The van der Waals surface area contributed by atoms with E-state index in [1.165, 1.54) is 21.8 Å². The van der Waals surface area contributed by atoms with E-state index in [1.807, 2.05) is 23.5 Å². The quantitative estimate of drug-likeness (QED) is 0.613. The maximum atomic E-state index is 4.10. The van der Waals surface area contributed by atoms with Gasteiger partial charge in [0.05, 0.1) is 5.51 Å². The molecule has 0 saturated carbocycles. The summed E-state index contributed by atoms with van der Waals surface area (Å²) in [5, 5.41) is 3.43. The monoisotopic (exact) mass is 278 g/mol. The average molecular weight is 278 g/mol. The summed E-state index contributed by atoms with van der Waals surface area (Å²) in [5.74, 6) is 1.01. The summed E-state index contributed by atoms with van der Waals surface area (Å²) in [5.41, 5.74) is 3.25. The van der Waals surface area contributed by atoms with E-state index in [0.29, 0.717) is 0 Å². The molecule has 2 nitrogen and oxygen atoms in total. The van der Waals surface area contributed by atoms with E-state index >= 15 is 0 Å². The summed E-state index contributed by atoms with van der Waals surface area (Å²) < 4.78 is 0. The lowest BCUT2D eigenvalue weighted by atomic mass is 10.2. The highest BCUT2D eigenvalue weighted by atomic mass is 32.2. The van der Waals surface area contributed by atoms with Gasteiger partial charge in [0.1, 0.15) is 0 Å². The lowest BCUT2D eigenvalue weighted by Crippen LogP contribution is -2.13. The third-order valence-electron chi connectivity index (χ3n) is 2.52. The molecule has 1 aromatic heterocycles. The second-order valence-electron chi connectivity index (χ2n) is 4.08. The molecule has 0 atom stereocenters. The zero-order chi connectivity index (χ0) is 12.6. The summed E-state index contributed by atoms with van der Waals surface area (Å²) in [6.45, 7) is 4.23. The molecule has 0 aliphatic rings. The highest BCUT2D eigenvalue weighted by Gasteiger charge is 1.99. The van der Waals surface area contributed by atoms with Crippen LogP contribution in [-0.2, 0) is 12.3 Å². The van der Waals surface area contributed by atoms with Crippen molar-refractivity contribution in [3.8, 4) is 0 Å². The molecule has 0 bridgehead atoms. The van der Waals surface area contributed by atoms with Gasteiger partial charge in [0.25, 0.3) is 0 Å². The number of benzene rings is 1. The SMILES string of the molecule is CCCNCc1cccc(SCc2cncs2)c1. The topological polar surface area (TPSA) is 24.9 Å². The molecule has 1 N–H and O–H groups in total. The summed E-state index contributed by atoms with van der Waals surface area (Å²) in [4.78, 5) is 6.76. The highest BCUT2D eigenvalue weighted by Crippen LogP contribution is 2.24. The summed E-state index contributed by atoms with van der Waals surface area (Å²) in [6, 6.07) is 8.76. The predicted molar refractivity (Wildman–Crippen MR) is 80.1 cm³/mol. The minimum Gasteiger partial charge on any atom is -0.313 e. The van der Waals surface area contributed by atoms with Crippen molar-refractivity contribution in [3.05, 3.63) is 46.4 Å². The van der Waals surface area contributed by atoms with Gasteiger partial charge >= 0.3 is 0 Å². The van der Waals surface area contributed by atoms with Gasteiger partial charge in [-0.15, -0.1) is 23.1 Å². The normalized spacial score (nSPS) is 10.7. The second-order valence-corrected chi connectivity index (χ2v) is 6.10. The van der Waals surface area contributed by atoms with Crippen molar-refractivity contribution < 1.29 is 0 Å². The standard InChI is InChI=1S/C14H18N2S2/c1-2-6-15-8-12-4-3-5-13(7-12)17-10-14-9-16-11-18-14/h3-5,7,9,11,15H,2,6,8,10H2,1H3. The van der Waals surface area contributed by atoms with Crippen molar-refractivity contribution in [2.24, 2.45) is 0 Å². The van der Waals surface area contributed by atoms with Crippen LogP contribution in [0.4, 0.5) is 0 Å². The van der Waals surface area contributed by atoms with Crippen LogP contribution in [0.25, 0.3) is 0 Å². The Hall–Kier alpha value is -0.840. The Kier molecular flexibility index (Phi) is 5.71. The van der Waals surface area contributed by atoms with Gasteiger partial charge in [0.15, 0.2) is 0 Å². The van der Waals surface area contributed by atoms with Crippen LogP contribution < -0.4 is 5.32 Å². The number of hydrogen-bond acceptors (Lipinski definition) is 4. The van der Waals surface area contributed by atoms with Crippen molar-refractivity contribution in [1.29, 1.82) is 0 Å². The average Bonchev–Trinajstić information content (AvgIpc) is 2.90. The largest absolute Gasteiger partial charge is 0.313 e. The van der Waals surface area contributed by atoms with Crippen molar-refractivity contribution in [2.75, 3.05) is 6.54 Å². The number of aromatic nitrogens is 1. The molecular weight excluding hydrogens is 260 g/mol. The fourth-order valence-corrected chi connectivity index (χ4v) is 3.24. The number of rotatable bonds is 7. The predicted octanol–water partition coefficient (Wildman–Crippen LogP) is 3.94. The van der Waals surface area contributed by atoms with Crippen molar-refractivity contribution >= 4 is 23.1 Å². The van der Waals surface area contributed by atoms with Gasteiger partial charge in [-0.2, -0.15) is 0 Å². The number of hydrogen-bond donors (Lipinski definition) is 1. The van der Waals surface area contributed by atoms with E-state index in [4.69, 9.17) is 0 Å². The van der Waals surface area contributed by atoms with E-state index < -0.39 is 0 Å². The van der Waals surface area contributed by atoms with Gasteiger partial charge in [-0.25, -0.2) is 0 Å². The van der Waals surface area contributed by atoms with Gasteiger partial charge in [0, 0.05) is 28.3 Å². The first-order chi connectivity index (χ1) is 8.88. The maximum absolute atomic E-state index is 4.10. The van der Waals surface area contributed by atoms with Crippen LogP contribution in [0, 0.1) is 0 Å². The van der Waals surface area contributed by atoms with Gasteiger partial charge in [0.2, 0.25) is 0 Å². The van der Waals surface area contributed by atoms with Crippen LogP contribution in [0.15, 0.2) is 40.9 Å². The van der Waals surface area contributed by atoms with Crippen molar-refractivity contribution in [3.63, 3.8) is 0 Å². The Morgan fingerprint density at radius 2 is 2.33 bits per heavy atom. The lowest BCUT2D eigenvalue weighted by molar-refractivity contribution is 0.674. The van der Waals surface area contributed by atoms with Crippen LogP contribution in [0.5, 0.6) is 0 Å². The van der Waals surface area contributed by atoms with Gasteiger partial charge in [-0.3, -0.25) is 4.98 Å². The number of thioether (sulfide) groups is 1. The smallest absolute Gasteiger partial charge is 0.0794 e. The minimum atomic E-state index is 0.961. The molecule has 1 aromatic carbocycles. The van der Waals surface area contributed by atoms with Crippen molar-refractivity contribution in [2.45, 2.75) is 30.5 Å². The minimum absolute atomic E-state index is 0.961. The molecule has 0 fully saturated rings. The zero-order valence-corrected chi connectivity index (χ0v) is 12.2. The molecule has 2 rings (SSSR count). The summed E-state index contributed by atoms with van der Waals surface area (Å²) in [7, 11) is 0. The molecule has 2 aromatic rings. The molecule has 0 aliphatic heterocycles. The fraction of sp³-hybridized carbons (Fsp3) is 0.357. The summed E-state index contributed by atoms with van der Waals surface area (Å²) in [6.07, 6.45) is 3.13. The van der Waals surface area contributed by atoms with Gasteiger partial charge in [-0.05, 0) is 30.7 Å². The molecule has 0 radical (unpaired) electrons. The van der Waals surface area contributed by atoms with E-state index in [2.05, 4.69) is 41.5 Å². The number of thiazole rings is 1. The van der Waals surface area contributed by atoms with Crippen LogP contribution in [0.2, 0.25) is 0 Å². The molecule has 4 heteroatoms. The third kappa shape index (κ3) is 4.44. The zero-order valence-electron chi connectivity index (χ0n) is 10.6. The second kappa shape index (κ2) is 7.56. The third-order valence-corrected chi connectivity index (χ3v) is 4.52. The molecule has 18 heavy (non-hydrogen) atoms. The first-order valence-corrected chi connectivity index (χ1v) is 8.05. The van der Waals surface area contributed by atoms with E-state index in [-0.39, 0.29) is 0 Å². The van der Waals surface area contributed by atoms with Crippen LogP contribution in [0.1, 0.15) is 23.8 Å². The Balaban J connectivity index is 1.86. The number of nitrogens with one attached hydrogen (secondary N) is 1. The lowest BCUT2D eigenvalue weighted by Gasteiger charge is -2.05.